The molecule has 1 aromatic rings. The first-order chi connectivity index (χ1) is 11.1. The number of benzene rings is 1. The number of carboxylic acid groups (broad SMARTS) is 1. The van der Waals surface area contributed by atoms with Gasteiger partial charge in [-0.05, 0) is 72.6 Å². The lowest BCUT2D eigenvalue weighted by Gasteiger charge is -2.54. The van der Waals surface area contributed by atoms with E-state index in [1.807, 2.05) is 6.92 Å². The molecular weight excluding hydrogens is 343 g/mol. The van der Waals surface area contributed by atoms with Gasteiger partial charge in [0.2, 0.25) is 0 Å². The van der Waals surface area contributed by atoms with E-state index in [1.165, 1.54) is 11.1 Å². The third kappa shape index (κ3) is 2.41. The Balaban J connectivity index is 2.19. The smallest absolute Gasteiger partial charge is 0.309 e. The molecule has 3 atom stereocenters. The zero-order valence-electron chi connectivity index (χ0n) is 14.9. The topological polar surface area (TPSA) is 37.3 Å². The fraction of sp³-hybridized carbons (Fsp3) is 0.650. The van der Waals surface area contributed by atoms with E-state index >= 15 is 0 Å². The zero-order valence-corrected chi connectivity index (χ0v) is 16.4. The highest BCUT2D eigenvalue weighted by Gasteiger charge is 2.55. The van der Waals surface area contributed by atoms with Crippen LogP contribution in [-0.2, 0) is 16.6 Å². The largest absolute Gasteiger partial charge is 0.481 e. The Morgan fingerprint density at radius 1 is 1.29 bits per heavy atom. The molecule has 1 N–H and O–H groups in total. The third-order valence-corrected chi connectivity index (χ3v) is 7.39. The molecule has 1 saturated carbocycles. The van der Waals surface area contributed by atoms with Crippen molar-refractivity contribution in [2.24, 2.45) is 11.3 Å². The third-order valence-electron chi connectivity index (χ3n) is 6.65. The van der Waals surface area contributed by atoms with Crippen molar-refractivity contribution in [1.82, 2.24) is 0 Å². The van der Waals surface area contributed by atoms with Crippen LogP contribution >= 0.6 is 23.2 Å². The van der Waals surface area contributed by atoms with Crippen LogP contribution in [0.25, 0.3) is 0 Å². The Kier molecular flexibility index (Phi) is 4.45. The molecule has 132 valence electrons. The summed E-state index contributed by atoms with van der Waals surface area (Å²) in [5.74, 6) is -0.268. The van der Waals surface area contributed by atoms with E-state index in [9.17, 15) is 9.90 Å². The molecule has 3 rings (SSSR count). The molecular formula is C20H26Cl2O2. The fourth-order valence-electron chi connectivity index (χ4n) is 5.34. The van der Waals surface area contributed by atoms with Gasteiger partial charge in [0.15, 0.2) is 0 Å². The second-order valence-electron chi connectivity index (χ2n) is 8.35. The second kappa shape index (κ2) is 5.92. The van der Waals surface area contributed by atoms with Gasteiger partial charge in [0.05, 0.1) is 5.41 Å². The number of hydrogen-bond donors (Lipinski definition) is 1. The lowest BCUT2D eigenvalue weighted by atomic mass is 9.49. The van der Waals surface area contributed by atoms with Crippen LogP contribution in [0.5, 0.6) is 0 Å². The standard InChI is InChI=1S/C20H26Cl2O2/c1-11(2)16-14(21)10-13-12(17(16)22)6-7-15-19(13,3)8-5-9-20(15,4)18(23)24/h10-11,15H,5-9H2,1-4H3,(H,23,24)/t15?,19-,20-/m1/s1. The second-order valence-corrected chi connectivity index (χ2v) is 9.14. The van der Waals surface area contributed by atoms with Crippen molar-refractivity contribution in [3.05, 3.63) is 32.8 Å². The van der Waals surface area contributed by atoms with Gasteiger partial charge in [-0.2, -0.15) is 0 Å². The first kappa shape index (κ1) is 18.1. The number of carboxylic acids is 1. The number of carbonyl (C=O) groups is 1. The summed E-state index contributed by atoms with van der Waals surface area (Å²) in [6, 6.07) is 2.08. The molecule has 0 amide bonds. The maximum absolute atomic E-state index is 12.0. The van der Waals surface area contributed by atoms with E-state index in [0.717, 1.165) is 47.7 Å². The van der Waals surface area contributed by atoms with Gasteiger partial charge >= 0.3 is 5.97 Å². The maximum atomic E-state index is 12.0. The van der Waals surface area contributed by atoms with E-state index < -0.39 is 11.4 Å². The monoisotopic (exact) mass is 368 g/mol. The number of hydrogen-bond acceptors (Lipinski definition) is 1. The van der Waals surface area contributed by atoms with Crippen molar-refractivity contribution in [3.8, 4) is 0 Å². The number of rotatable bonds is 2. The summed E-state index contributed by atoms with van der Waals surface area (Å²) in [6.07, 6.45) is 4.40. The average molecular weight is 369 g/mol. The van der Waals surface area contributed by atoms with Gasteiger partial charge in [0.25, 0.3) is 0 Å². The van der Waals surface area contributed by atoms with Crippen LogP contribution in [0.1, 0.15) is 76.0 Å². The minimum atomic E-state index is -0.669. The number of fused-ring (bicyclic) bond motifs is 3. The van der Waals surface area contributed by atoms with E-state index in [-0.39, 0.29) is 17.3 Å². The molecule has 0 bridgehead atoms. The molecule has 1 fully saturated rings. The van der Waals surface area contributed by atoms with Crippen molar-refractivity contribution < 1.29 is 9.90 Å². The van der Waals surface area contributed by atoms with Gasteiger partial charge in [0, 0.05) is 10.0 Å². The van der Waals surface area contributed by atoms with Crippen LogP contribution in [0.3, 0.4) is 0 Å². The van der Waals surface area contributed by atoms with Crippen molar-refractivity contribution in [3.63, 3.8) is 0 Å². The Hall–Kier alpha value is -0.730. The molecule has 2 nitrogen and oxygen atoms in total. The van der Waals surface area contributed by atoms with Crippen LogP contribution in [0.2, 0.25) is 10.0 Å². The van der Waals surface area contributed by atoms with Gasteiger partial charge in [-0.25, -0.2) is 0 Å². The van der Waals surface area contributed by atoms with Crippen LogP contribution in [0.15, 0.2) is 6.07 Å². The van der Waals surface area contributed by atoms with E-state index in [1.54, 1.807) is 0 Å². The fourth-order valence-corrected chi connectivity index (χ4v) is 6.33. The van der Waals surface area contributed by atoms with Crippen molar-refractivity contribution in [2.75, 3.05) is 0 Å². The summed E-state index contributed by atoms with van der Waals surface area (Å²) in [5.41, 5.74) is 2.57. The molecule has 2 aliphatic carbocycles. The number of halogens is 2. The lowest BCUT2D eigenvalue weighted by Crippen LogP contribution is -2.52. The van der Waals surface area contributed by atoms with Crippen LogP contribution in [0.4, 0.5) is 0 Å². The summed E-state index contributed by atoms with van der Waals surface area (Å²) in [6.45, 7) is 8.36. The van der Waals surface area contributed by atoms with Crippen molar-refractivity contribution in [2.45, 2.75) is 71.1 Å². The predicted octanol–water partition coefficient (Wildman–Crippen LogP) is 6.21. The average Bonchev–Trinajstić information content (AvgIpc) is 2.47. The van der Waals surface area contributed by atoms with Gasteiger partial charge in [0.1, 0.15) is 0 Å². The van der Waals surface area contributed by atoms with E-state index in [0.29, 0.717) is 0 Å². The lowest BCUT2D eigenvalue weighted by molar-refractivity contribution is -0.157. The van der Waals surface area contributed by atoms with Gasteiger partial charge < -0.3 is 5.11 Å². The van der Waals surface area contributed by atoms with Crippen LogP contribution in [0, 0.1) is 11.3 Å². The quantitative estimate of drug-likeness (QED) is 0.673. The predicted molar refractivity (Wildman–Crippen MR) is 99.3 cm³/mol. The normalized spacial score (nSPS) is 32.4. The molecule has 4 heteroatoms. The minimum Gasteiger partial charge on any atom is -0.481 e. The van der Waals surface area contributed by atoms with Gasteiger partial charge in [-0.3, -0.25) is 4.79 Å². The Bertz CT molecular complexity index is 697. The van der Waals surface area contributed by atoms with Gasteiger partial charge in [-0.1, -0.05) is 50.4 Å². The Morgan fingerprint density at radius 2 is 1.96 bits per heavy atom. The highest BCUT2D eigenvalue weighted by molar-refractivity contribution is 6.36. The SMILES string of the molecule is CC(C)c1c(Cl)cc2c(c1Cl)CCC1[C@](C)(C(=O)O)CCC[C@]21C. The molecule has 0 heterocycles. The minimum absolute atomic E-state index is 0.126. The molecule has 0 aliphatic heterocycles. The summed E-state index contributed by atoms with van der Waals surface area (Å²) >= 11 is 13.3. The molecule has 0 spiro atoms. The zero-order chi connectivity index (χ0) is 17.9. The maximum Gasteiger partial charge on any atom is 0.309 e. The van der Waals surface area contributed by atoms with Crippen molar-refractivity contribution >= 4 is 29.2 Å². The molecule has 0 radical (unpaired) electrons. The molecule has 1 unspecified atom stereocenters. The van der Waals surface area contributed by atoms with E-state index in [2.05, 4.69) is 26.8 Å². The molecule has 0 aromatic heterocycles. The molecule has 24 heavy (non-hydrogen) atoms. The van der Waals surface area contributed by atoms with Gasteiger partial charge in [-0.15, -0.1) is 0 Å². The van der Waals surface area contributed by atoms with E-state index in [4.69, 9.17) is 23.2 Å². The highest BCUT2D eigenvalue weighted by atomic mass is 35.5. The molecule has 1 aromatic carbocycles. The Morgan fingerprint density at radius 3 is 2.54 bits per heavy atom. The molecule has 2 aliphatic rings. The summed E-state index contributed by atoms with van der Waals surface area (Å²) in [4.78, 5) is 12.0. The van der Waals surface area contributed by atoms with Crippen molar-refractivity contribution in [1.29, 1.82) is 0 Å². The van der Waals surface area contributed by atoms with Crippen LogP contribution < -0.4 is 0 Å². The summed E-state index contributed by atoms with van der Waals surface area (Å²) in [5, 5.41) is 11.4. The first-order valence-corrected chi connectivity index (χ1v) is 9.63. The molecule has 0 saturated heterocycles. The Labute approximate surface area is 154 Å². The van der Waals surface area contributed by atoms with Crippen LogP contribution in [-0.4, -0.2) is 11.1 Å². The summed E-state index contributed by atoms with van der Waals surface area (Å²) < 4.78 is 0. The summed E-state index contributed by atoms with van der Waals surface area (Å²) in [7, 11) is 0. The number of aliphatic carboxylic acids is 1. The first-order valence-electron chi connectivity index (χ1n) is 8.87. The highest BCUT2D eigenvalue weighted by Crippen LogP contribution is 2.59.